The molecule has 130 valence electrons. The lowest BCUT2D eigenvalue weighted by molar-refractivity contribution is 0.0954. The quantitative estimate of drug-likeness (QED) is 0.630. The van der Waals surface area contributed by atoms with Gasteiger partial charge in [-0.1, -0.05) is 42.4 Å². The zero-order valence-corrected chi connectivity index (χ0v) is 14.9. The number of nitrogens with one attached hydrogen (secondary N) is 1. The minimum Gasteiger partial charge on any atom is -0.367 e. The molecule has 3 rings (SSSR count). The molecule has 0 aliphatic carbocycles. The molecule has 0 aliphatic heterocycles. The predicted molar refractivity (Wildman–Crippen MR) is 101 cm³/mol. The second kappa shape index (κ2) is 7.98. The van der Waals surface area contributed by atoms with Gasteiger partial charge in [0.05, 0.1) is 4.88 Å². The summed E-state index contributed by atoms with van der Waals surface area (Å²) in [5.41, 5.74) is 7.93. The zero-order chi connectivity index (χ0) is 17.6. The van der Waals surface area contributed by atoms with Gasteiger partial charge in [0.1, 0.15) is 11.3 Å². The van der Waals surface area contributed by atoms with Gasteiger partial charge >= 0.3 is 0 Å². The number of nitrogen functional groups attached to an aromatic ring is 1. The van der Waals surface area contributed by atoms with E-state index in [0.717, 1.165) is 24.1 Å². The summed E-state index contributed by atoms with van der Waals surface area (Å²) in [5.74, 6) is -0.185. The number of amides is 1. The molecule has 0 aliphatic rings. The third kappa shape index (κ3) is 4.09. The molecule has 25 heavy (non-hydrogen) atoms. The Balaban J connectivity index is 1.63. The highest BCUT2D eigenvalue weighted by atomic mass is 32.1. The number of hydrogen-bond acceptors (Lipinski definition) is 5. The fourth-order valence-electron chi connectivity index (χ4n) is 2.61. The summed E-state index contributed by atoms with van der Waals surface area (Å²) in [6.45, 7) is 2.66. The van der Waals surface area contributed by atoms with E-state index in [4.69, 9.17) is 10.3 Å². The van der Waals surface area contributed by atoms with Crippen LogP contribution in [-0.2, 0) is 12.8 Å². The molecule has 0 saturated carbocycles. The average Bonchev–Trinajstić information content (AvgIpc) is 3.25. The van der Waals surface area contributed by atoms with Crippen molar-refractivity contribution in [3.05, 3.63) is 58.5 Å². The predicted octanol–water partition coefficient (Wildman–Crippen LogP) is 3.91. The van der Waals surface area contributed by atoms with Gasteiger partial charge in [0.25, 0.3) is 5.91 Å². The van der Waals surface area contributed by atoms with E-state index in [2.05, 4.69) is 29.5 Å². The second-order valence-electron chi connectivity index (χ2n) is 5.73. The molecule has 0 radical (unpaired) electrons. The van der Waals surface area contributed by atoms with Crippen LogP contribution in [0.5, 0.6) is 0 Å². The number of hydrogen-bond donors (Lipinski definition) is 2. The first-order valence-electron chi connectivity index (χ1n) is 8.35. The molecular weight excluding hydrogens is 334 g/mol. The van der Waals surface area contributed by atoms with Gasteiger partial charge in [-0.2, -0.15) is 0 Å². The van der Waals surface area contributed by atoms with Gasteiger partial charge in [0.2, 0.25) is 5.88 Å². The molecule has 0 bridgehead atoms. The highest BCUT2D eigenvalue weighted by molar-refractivity contribution is 7.15. The van der Waals surface area contributed by atoms with E-state index in [1.54, 1.807) is 11.3 Å². The van der Waals surface area contributed by atoms with Gasteiger partial charge in [0.15, 0.2) is 0 Å². The number of anilines is 1. The van der Waals surface area contributed by atoms with Gasteiger partial charge in [-0.15, -0.1) is 11.3 Å². The third-order valence-electron chi connectivity index (χ3n) is 3.96. The SMILES string of the molecule is CCc1ccc(-c2noc(N)c2C(=O)NCCCc2ccccc2)s1. The first kappa shape index (κ1) is 17.2. The number of benzene rings is 1. The summed E-state index contributed by atoms with van der Waals surface area (Å²) in [5, 5.41) is 6.89. The third-order valence-corrected chi connectivity index (χ3v) is 5.20. The lowest BCUT2D eigenvalue weighted by Gasteiger charge is -2.05. The van der Waals surface area contributed by atoms with Crippen molar-refractivity contribution in [3.63, 3.8) is 0 Å². The standard InChI is InChI=1S/C19H21N3O2S/c1-2-14-10-11-15(25-14)17-16(18(20)24-22-17)19(23)21-12-6-9-13-7-4-3-5-8-13/h3-5,7-8,10-11H,2,6,9,12,20H2,1H3,(H,21,23). The first-order valence-corrected chi connectivity index (χ1v) is 9.17. The molecule has 6 heteroatoms. The highest BCUT2D eigenvalue weighted by Crippen LogP contribution is 2.32. The van der Waals surface area contributed by atoms with Crippen molar-refractivity contribution in [3.8, 4) is 10.6 Å². The molecule has 0 fully saturated rings. The van der Waals surface area contributed by atoms with Crippen molar-refractivity contribution in [1.82, 2.24) is 10.5 Å². The van der Waals surface area contributed by atoms with Crippen LogP contribution in [0.4, 0.5) is 5.88 Å². The number of carbonyl (C=O) groups is 1. The number of carbonyl (C=O) groups excluding carboxylic acids is 1. The van der Waals surface area contributed by atoms with Crippen LogP contribution in [0.25, 0.3) is 10.6 Å². The van der Waals surface area contributed by atoms with Crippen molar-refractivity contribution in [2.75, 3.05) is 12.3 Å². The maximum atomic E-state index is 12.5. The molecule has 5 nitrogen and oxygen atoms in total. The number of nitrogens with zero attached hydrogens (tertiary/aromatic N) is 1. The molecule has 1 amide bonds. The Morgan fingerprint density at radius 3 is 2.76 bits per heavy atom. The van der Waals surface area contributed by atoms with Crippen molar-refractivity contribution in [1.29, 1.82) is 0 Å². The van der Waals surface area contributed by atoms with Crippen LogP contribution in [0.15, 0.2) is 47.0 Å². The molecule has 0 spiro atoms. The van der Waals surface area contributed by atoms with E-state index in [9.17, 15) is 4.79 Å². The van der Waals surface area contributed by atoms with Crippen LogP contribution < -0.4 is 11.1 Å². The van der Waals surface area contributed by atoms with E-state index in [1.807, 2.05) is 30.3 Å². The van der Waals surface area contributed by atoms with Gasteiger partial charge in [-0.3, -0.25) is 4.79 Å². The Kier molecular flexibility index (Phi) is 5.50. The fourth-order valence-corrected chi connectivity index (χ4v) is 3.55. The first-order chi connectivity index (χ1) is 12.2. The Hall–Kier alpha value is -2.60. The maximum Gasteiger partial charge on any atom is 0.259 e. The maximum absolute atomic E-state index is 12.5. The second-order valence-corrected chi connectivity index (χ2v) is 6.90. The van der Waals surface area contributed by atoms with Gasteiger partial charge in [-0.05, 0) is 37.0 Å². The van der Waals surface area contributed by atoms with Crippen LogP contribution in [0.3, 0.4) is 0 Å². The number of nitrogens with two attached hydrogens (primary N) is 1. The van der Waals surface area contributed by atoms with Crippen molar-refractivity contribution in [2.24, 2.45) is 0 Å². The van der Waals surface area contributed by atoms with E-state index in [1.165, 1.54) is 10.4 Å². The van der Waals surface area contributed by atoms with Crippen LogP contribution in [0.1, 0.15) is 34.1 Å². The summed E-state index contributed by atoms with van der Waals surface area (Å²) < 4.78 is 5.06. The molecular formula is C19H21N3O2S. The molecule has 3 aromatic rings. The number of aromatic nitrogens is 1. The summed E-state index contributed by atoms with van der Waals surface area (Å²) in [7, 11) is 0. The number of aryl methyl sites for hydroxylation is 2. The largest absolute Gasteiger partial charge is 0.367 e. The lowest BCUT2D eigenvalue weighted by Crippen LogP contribution is -2.25. The Labute approximate surface area is 150 Å². The van der Waals surface area contributed by atoms with Crippen LogP contribution in [0, 0.1) is 0 Å². The number of thiophene rings is 1. The summed E-state index contributed by atoms with van der Waals surface area (Å²) in [6, 6.07) is 14.2. The summed E-state index contributed by atoms with van der Waals surface area (Å²) in [6.07, 6.45) is 2.71. The zero-order valence-electron chi connectivity index (χ0n) is 14.1. The summed E-state index contributed by atoms with van der Waals surface area (Å²) in [4.78, 5) is 14.6. The van der Waals surface area contributed by atoms with E-state index in [0.29, 0.717) is 17.8 Å². The Morgan fingerprint density at radius 2 is 2.04 bits per heavy atom. The van der Waals surface area contributed by atoms with Crippen LogP contribution >= 0.6 is 11.3 Å². The van der Waals surface area contributed by atoms with Crippen LogP contribution in [0.2, 0.25) is 0 Å². The molecule has 2 aromatic heterocycles. The van der Waals surface area contributed by atoms with E-state index >= 15 is 0 Å². The topological polar surface area (TPSA) is 81.2 Å². The highest BCUT2D eigenvalue weighted by Gasteiger charge is 2.23. The molecule has 3 N–H and O–H groups in total. The normalized spacial score (nSPS) is 10.8. The van der Waals surface area contributed by atoms with Crippen molar-refractivity contribution >= 4 is 23.1 Å². The smallest absolute Gasteiger partial charge is 0.259 e. The summed E-state index contributed by atoms with van der Waals surface area (Å²) >= 11 is 1.60. The van der Waals surface area contributed by atoms with Gasteiger partial charge in [0, 0.05) is 11.4 Å². The van der Waals surface area contributed by atoms with Gasteiger partial charge in [-0.25, -0.2) is 0 Å². The van der Waals surface area contributed by atoms with Crippen molar-refractivity contribution < 1.29 is 9.32 Å². The van der Waals surface area contributed by atoms with Crippen LogP contribution in [-0.4, -0.2) is 17.6 Å². The van der Waals surface area contributed by atoms with E-state index < -0.39 is 0 Å². The van der Waals surface area contributed by atoms with Gasteiger partial charge < -0.3 is 15.6 Å². The molecule has 0 unspecified atom stereocenters. The average molecular weight is 355 g/mol. The number of rotatable bonds is 7. The van der Waals surface area contributed by atoms with E-state index in [-0.39, 0.29) is 11.8 Å². The minimum absolute atomic E-state index is 0.0574. The molecule has 1 aromatic carbocycles. The minimum atomic E-state index is -0.242. The fraction of sp³-hybridized carbons (Fsp3) is 0.263. The molecule has 0 atom stereocenters. The monoisotopic (exact) mass is 355 g/mol. The molecule has 0 saturated heterocycles. The Morgan fingerprint density at radius 1 is 1.24 bits per heavy atom. The molecule has 2 heterocycles. The Bertz CT molecular complexity index is 839. The van der Waals surface area contributed by atoms with Crippen molar-refractivity contribution in [2.45, 2.75) is 26.2 Å². The lowest BCUT2D eigenvalue weighted by atomic mass is 10.1.